The van der Waals surface area contributed by atoms with E-state index in [0.717, 1.165) is 11.1 Å². The van der Waals surface area contributed by atoms with Gasteiger partial charge in [-0.2, -0.15) is 5.10 Å². The molecule has 0 saturated carbocycles. The van der Waals surface area contributed by atoms with Crippen LogP contribution < -0.4 is 4.74 Å². The standard InChI is InChI=1S/C23H26FN3O3/c1-15(2)23(29)26(3)14-22(28)27-20(18-7-5-6-8-21(18)30-4)13-19(25-27)16-9-11-17(24)12-10-16/h5-12,15,20H,13-14H2,1-4H3/t20-/m0/s1. The third-order valence-corrected chi connectivity index (χ3v) is 5.08. The highest BCUT2D eigenvalue weighted by Gasteiger charge is 2.35. The van der Waals surface area contributed by atoms with Gasteiger partial charge in [-0.3, -0.25) is 9.59 Å². The van der Waals surface area contributed by atoms with Crippen LogP contribution >= 0.6 is 0 Å². The lowest BCUT2D eigenvalue weighted by Crippen LogP contribution is -2.40. The number of benzene rings is 2. The monoisotopic (exact) mass is 411 g/mol. The highest BCUT2D eigenvalue weighted by molar-refractivity contribution is 6.03. The van der Waals surface area contributed by atoms with Gasteiger partial charge in [0, 0.05) is 24.9 Å². The fourth-order valence-electron chi connectivity index (χ4n) is 3.54. The Kier molecular flexibility index (Phi) is 6.50. The smallest absolute Gasteiger partial charge is 0.262 e. The Morgan fingerprint density at radius 1 is 1.20 bits per heavy atom. The number of hydrazone groups is 1. The third kappa shape index (κ3) is 4.50. The van der Waals surface area contributed by atoms with Crippen LogP contribution in [-0.4, -0.2) is 48.1 Å². The number of nitrogens with zero attached hydrogens (tertiary/aromatic N) is 3. The number of amides is 2. The predicted octanol–water partition coefficient (Wildman–Crippen LogP) is 3.63. The van der Waals surface area contributed by atoms with Crippen LogP contribution in [0.1, 0.15) is 37.4 Å². The number of carbonyl (C=O) groups is 2. The first-order valence-electron chi connectivity index (χ1n) is 9.85. The lowest BCUT2D eigenvalue weighted by Gasteiger charge is -2.26. The van der Waals surface area contributed by atoms with Gasteiger partial charge in [-0.1, -0.05) is 44.2 Å². The number of methoxy groups -OCH3 is 1. The number of para-hydroxylation sites is 1. The van der Waals surface area contributed by atoms with E-state index in [9.17, 15) is 14.0 Å². The van der Waals surface area contributed by atoms with Crippen molar-refractivity contribution in [2.24, 2.45) is 11.0 Å². The molecule has 158 valence electrons. The van der Waals surface area contributed by atoms with Crippen LogP contribution in [0.5, 0.6) is 5.75 Å². The average molecular weight is 411 g/mol. The Morgan fingerprint density at radius 2 is 1.87 bits per heavy atom. The predicted molar refractivity (Wildman–Crippen MR) is 113 cm³/mol. The summed E-state index contributed by atoms with van der Waals surface area (Å²) < 4.78 is 18.8. The van der Waals surface area contributed by atoms with Gasteiger partial charge in [0.15, 0.2) is 0 Å². The van der Waals surface area contributed by atoms with Crippen molar-refractivity contribution in [2.45, 2.75) is 26.3 Å². The third-order valence-electron chi connectivity index (χ3n) is 5.08. The van der Waals surface area contributed by atoms with Gasteiger partial charge >= 0.3 is 0 Å². The van der Waals surface area contributed by atoms with Crippen molar-refractivity contribution in [1.29, 1.82) is 0 Å². The molecule has 3 rings (SSSR count). The van der Waals surface area contributed by atoms with Crippen LogP contribution in [0.4, 0.5) is 4.39 Å². The largest absolute Gasteiger partial charge is 0.496 e. The molecular formula is C23H26FN3O3. The van der Waals surface area contributed by atoms with Crippen molar-refractivity contribution in [3.8, 4) is 5.75 Å². The molecule has 0 spiro atoms. The molecule has 1 atom stereocenters. The second kappa shape index (κ2) is 9.07. The van der Waals surface area contributed by atoms with E-state index in [1.54, 1.807) is 40.1 Å². The maximum atomic E-state index is 13.3. The van der Waals surface area contributed by atoms with Crippen molar-refractivity contribution in [1.82, 2.24) is 9.91 Å². The van der Waals surface area contributed by atoms with Crippen LogP contribution in [0.25, 0.3) is 0 Å². The van der Waals surface area contributed by atoms with Gasteiger partial charge in [-0.25, -0.2) is 9.40 Å². The van der Waals surface area contributed by atoms with E-state index >= 15 is 0 Å². The second-order valence-corrected chi connectivity index (χ2v) is 7.60. The van der Waals surface area contributed by atoms with Crippen molar-refractivity contribution in [2.75, 3.05) is 20.7 Å². The number of rotatable bonds is 6. The zero-order valence-corrected chi connectivity index (χ0v) is 17.6. The molecule has 0 aliphatic carbocycles. The summed E-state index contributed by atoms with van der Waals surface area (Å²) in [5.41, 5.74) is 2.25. The summed E-state index contributed by atoms with van der Waals surface area (Å²) >= 11 is 0. The van der Waals surface area contributed by atoms with Crippen LogP contribution in [0.3, 0.4) is 0 Å². The number of likely N-dealkylation sites (N-methyl/N-ethyl adjacent to an activating group) is 1. The fourth-order valence-corrected chi connectivity index (χ4v) is 3.54. The first-order chi connectivity index (χ1) is 14.3. The molecule has 1 aliphatic rings. The van der Waals surface area contributed by atoms with E-state index in [2.05, 4.69) is 5.10 Å². The summed E-state index contributed by atoms with van der Waals surface area (Å²) in [5.74, 6) is -0.286. The molecule has 6 nitrogen and oxygen atoms in total. The first kappa shape index (κ1) is 21.5. The molecule has 2 aromatic rings. The molecule has 0 unspecified atom stereocenters. The quantitative estimate of drug-likeness (QED) is 0.729. The van der Waals surface area contributed by atoms with E-state index in [1.807, 2.05) is 24.3 Å². The lowest BCUT2D eigenvalue weighted by atomic mass is 9.97. The van der Waals surface area contributed by atoms with Gasteiger partial charge in [-0.15, -0.1) is 0 Å². The minimum Gasteiger partial charge on any atom is -0.496 e. The van der Waals surface area contributed by atoms with Gasteiger partial charge < -0.3 is 9.64 Å². The van der Waals surface area contributed by atoms with Gasteiger partial charge in [0.2, 0.25) is 5.91 Å². The van der Waals surface area contributed by atoms with E-state index in [4.69, 9.17) is 4.74 Å². The number of hydrogen-bond donors (Lipinski definition) is 0. The normalized spacial score (nSPS) is 15.9. The van der Waals surface area contributed by atoms with Crippen molar-refractivity contribution in [3.63, 3.8) is 0 Å². The van der Waals surface area contributed by atoms with Crippen molar-refractivity contribution >= 4 is 17.5 Å². The molecule has 7 heteroatoms. The molecule has 1 aliphatic heterocycles. The minimum absolute atomic E-state index is 0.0805. The number of ether oxygens (including phenoxy) is 1. The zero-order valence-electron chi connectivity index (χ0n) is 17.6. The summed E-state index contributed by atoms with van der Waals surface area (Å²) in [7, 11) is 3.19. The van der Waals surface area contributed by atoms with Gasteiger partial charge in [0.1, 0.15) is 18.1 Å². The van der Waals surface area contributed by atoms with E-state index < -0.39 is 0 Å². The molecule has 0 bridgehead atoms. The first-order valence-corrected chi connectivity index (χ1v) is 9.85. The fraction of sp³-hybridized carbons (Fsp3) is 0.348. The number of hydrogen-bond acceptors (Lipinski definition) is 4. The summed E-state index contributed by atoms with van der Waals surface area (Å²) in [6, 6.07) is 13.1. The molecule has 2 amide bonds. The minimum atomic E-state index is -0.378. The van der Waals surface area contributed by atoms with Gasteiger partial charge in [0.25, 0.3) is 5.91 Å². The Balaban J connectivity index is 1.94. The van der Waals surface area contributed by atoms with Crippen molar-refractivity contribution in [3.05, 3.63) is 65.5 Å². The Hall–Kier alpha value is -3.22. The summed E-state index contributed by atoms with van der Waals surface area (Å²) in [6.45, 7) is 3.51. The molecule has 2 aromatic carbocycles. The molecule has 0 N–H and O–H groups in total. The molecule has 0 radical (unpaired) electrons. The van der Waals surface area contributed by atoms with Crippen LogP contribution in [0, 0.1) is 11.7 Å². The van der Waals surface area contributed by atoms with E-state index in [1.165, 1.54) is 22.0 Å². The molecular weight excluding hydrogens is 385 g/mol. The topological polar surface area (TPSA) is 62.2 Å². The highest BCUT2D eigenvalue weighted by Crippen LogP contribution is 2.37. The number of carbonyl (C=O) groups excluding carboxylic acids is 2. The molecule has 0 fully saturated rings. The second-order valence-electron chi connectivity index (χ2n) is 7.60. The maximum Gasteiger partial charge on any atom is 0.262 e. The molecule has 30 heavy (non-hydrogen) atoms. The SMILES string of the molecule is COc1ccccc1[C@@H]1CC(c2ccc(F)cc2)=NN1C(=O)CN(C)C(=O)C(C)C. The van der Waals surface area contributed by atoms with Crippen LogP contribution in [-0.2, 0) is 9.59 Å². The lowest BCUT2D eigenvalue weighted by molar-refractivity contribution is -0.142. The van der Waals surface area contributed by atoms with E-state index in [-0.39, 0.29) is 36.1 Å². The Labute approximate surface area is 175 Å². The molecule has 0 saturated heterocycles. The summed E-state index contributed by atoms with van der Waals surface area (Å²) in [5, 5.41) is 5.98. The van der Waals surface area contributed by atoms with E-state index in [0.29, 0.717) is 17.9 Å². The maximum absolute atomic E-state index is 13.3. The van der Waals surface area contributed by atoms with Gasteiger partial charge in [-0.05, 0) is 23.8 Å². The summed E-state index contributed by atoms with van der Waals surface area (Å²) in [4.78, 5) is 26.8. The van der Waals surface area contributed by atoms with Crippen LogP contribution in [0.2, 0.25) is 0 Å². The number of halogens is 1. The zero-order chi connectivity index (χ0) is 21.8. The molecule has 1 heterocycles. The Bertz CT molecular complexity index is 956. The summed E-state index contributed by atoms with van der Waals surface area (Å²) in [6.07, 6.45) is 0.458. The average Bonchev–Trinajstić information content (AvgIpc) is 3.18. The van der Waals surface area contributed by atoms with Crippen LogP contribution in [0.15, 0.2) is 53.6 Å². The molecule has 0 aromatic heterocycles. The Morgan fingerprint density at radius 3 is 2.50 bits per heavy atom. The van der Waals surface area contributed by atoms with Crippen molar-refractivity contribution < 1.29 is 18.7 Å². The van der Waals surface area contributed by atoms with Gasteiger partial charge in [0.05, 0.1) is 18.9 Å². The highest BCUT2D eigenvalue weighted by atomic mass is 19.1.